The molecule has 0 spiro atoms. The van der Waals surface area contributed by atoms with E-state index in [1.807, 2.05) is 38.4 Å². The Morgan fingerprint density at radius 1 is 1.18 bits per heavy atom. The lowest BCUT2D eigenvalue weighted by atomic mass is 9.91. The molecule has 0 radical (unpaired) electrons. The Balaban J connectivity index is 2.49. The van der Waals surface area contributed by atoms with Crippen LogP contribution in [0.15, 0.2) is 35.5 Å². The first-order valence-electron chi connectivity index (χ1n) is 9.58. The molecule has 0 aliphatic rings. The number of nitriles is 1. The SMILES string of the molecule is Cc1cnc(C)c(/C(C#N)=C(\CC(C)C)c2ccc(SNC(C)(C)C)cn2)c1. The molecule has 0 amide bonds. The van der Waals surface area contributed by atoms with Crippen molar-refractivity contribution < 1.29 is 0 Å². The van der Waals surface area contributed by atoms with Gasteiger partial charge in [0.05, 0.1) is 11.3 Å². The van der Waals surface area contributed by atoms with Crippen molar-refractivity contribution in [3.63, 3.8) is 0 Å². The Bertz CT molecular complexity index is 884. The molecule has 5 heteroatoms. The van der Waals surface area contributed by atoms with E-state index in [0.29, 0.717) is 11.5 Å². The predicted octanol–water partition coefficient (Wildman–Crippen LogP) is 5.97. The van der Waals surface area contributed by atoms with E-state index in [1.54, 1.807) is 11.9 Å². The van der Waals surface area contributed by atoms with Gasteiger partial charge in [-0.05, 0) is 88.2 Å². The molecule has 148 valence electrons. The van der Waals surface area contributed by atoms with Crippen molar-refractivity contribution >= 4 is 23.1 Å². The van der Waals surface area contributed by atoms with Crippen LogP contribution >= 0.6 is 11.9 Å². The van der Waals surface area contributed by atoms with Crippen LogP contribution in [0.4, 0.5) is 0 Å². The maximum absolute atomic E-state index is 9.99. The first-order chi connectivity index (χ1) is 13.1. The second kappa shape index (κ2) is 9.36. The van der Waals surface area contributed by atoms with E-state index in [9.17, 15) is 5.26 Å². The highest BCUT2D eigenvalue weighted by molar-refractivity contribution is 7.97. The van der Waals surface area contributed by atoms with Gasteiger partial charge in [0.15, 0.2) is 0 Å². The number of hydrogen-bond acceptors (Lipinski definition) is 5. The summed E-state index contributed by atoms with van der Waals surface area (Å²) in [5, 5.41) is 9.99. The average Bonchev–Trinajstić information content (AvgIpc) is 2.62. The van der Waals surface area contributed by atoms with Crippen LogP contribution < -0.4 is 4.72 Å². The molecule has 0 unspecified atom stereocenters. The normalized spacial score (nSPS) is 12.7. The highest BCUT2D eigenvalue weighted by Gasteiger charge is 2.17. The summed E-state index contributed by atoms with van der Waals surface area (Å²) in [6, 6.07) is 8.54. The Morgan fingerprint density at radius 3 is 2.43 bits per heavy atom. The van der Waals surface area contributed by atoms with Gasteiger partial charge in [0.25, 0.3) is 0 Å². The van der Waals surface area contributed by atoms with E-state index in [0.717, 1.165) is 39.4 Å². The van der Waals surface area contributed by atoms with Gasteiger partial charge in [-0.2, -0.15) is 5.26 Å². The van der Waals surface area contributed by atoms with Gasteiger partial charge in [0, 0.05) is 34.1 Å². The van der Waals surface area contributed by atoms with Crippen molar-refractivity contribution in [2.24, 2.45) is 5.92 Å². The van der Waals surface area contributed by atoms with Gasteiger partial charge in [-0.3, -0.25) is 14.7 Å². The lowest BCUT2D eigenvalue weighted by Crippen LogP contribution is -2.29. The Hall–Kier alpha value is -2.16. The zero-order chi connectivity index (χ0) is 20.9. The van der Waals surface area contributed by atoms with Gasteiger partial charge in [0.2, 0.25) is 0 Å². The smallest absolute Gasteiger partial charge is 0.100 e. The predicted molar refractivity (Wildman–Crippen MR) is 119 cm³/mol. The summed E-state index contributed by atoms with van der Waals surface area (Å²) < 4.78 is 3.40. The van der Waals surface area contributed by atoms with E-state index >= 15 is 0 Å². The van der Waals surface area contributed by atoms with Crippen LogP contribution in [0, 0.1) is 31.1 Å². The van der Waals surface area contributed by atoms with Crippen LogP contribution in [0.1, 0.15) is 63.6 Å². The lowest BCUT2D eigenvalue weighted by Gasteiger charge is -2.19. The van der Waals surface area contributed by atoms with E-state index < -0.39 is 0 Å². The van der Waals surface area contributed by atoms with Crippen molar-refractivity contribution in [2.75, 3.05) is 0 Å². The number of rotatable bonds is 6. The minimum atomic E-state index is 0.0235. The van der Waals surface area contributed by atoms with Crippen LogP contribution in [-0.2, 0) is 0 Å². The molecule has 0 aliphatic heterocycles. The fraction of sp³-hybridized carbons (Fsp3) is 0.435. The minimum absolute atomic E-state index is 0.0235. The molecular formula is C23H30N4S. The molecule has 28 heavy (non-hydrogen) atoms. The number of allylic oxidation sites excluding steroid dienone is 2. The van der Waals surface area contributed by atoms with Gasteiger partial charge in [0.1, 0.15) is 6.07 Å². The first-order valence-corrected chi connectivity index (χ1v) is 10.4. The second-order valence-corrected chi connectivity index (χ2v) is 9.42. The summed E-state index contributed by atoms with van der Waals surface area (Å²) in [7, 11) is 0. The van der Waals surface area contributed by atoms with Crippen molar-refractivity contribution in [2.45, 2.75) is 65.3 Å². The van der Waals surface area contributed by atoms with Crippen LogP contribution in [0.2, 0.25) is 0 Å². The molecule has 0 aliphatic carbocycles. The van der Waals surface area contributed by atoms with Gasteiger partial charge in [-0.15, -0.1) is 0 Å². The number of pyridine rings is 2. The highest BCUT2D eigenvalue weighted by Crippen LogP contribution is 2.32. The number of nitrogens with one attached hydrogen (secondary N) is 1. The molecule has 2 rings (SSSR count). The van der Waals surface area contributed by atoms with Crippen molar-refractivity contribution in [3.8, 4) is 6.07 Å². The zero-order valence-corrected chi connectivity index (χ0v) is 18.7. The minimum Gasteiger partial charge on any atom is -0.261 e. The van der Waals surface area contributed by atoms with E-state index in [1.165, 1.54) is 0 Å². The van der Waals surface area contributed by atoms with E-state index in [2.05, 4.69) is 61.4 Å². The monoisotopic (exact) mass is 394 g/mol. The zero-order valence-electron chi connectivity index (χ0n) is 17.9. The quantitative estimate of drug-likeness (QED) is 0.483. The molecule has 0 atom stereocenters. The molecule has 2 heterocycles. The van der Waals surface area contributed by atoms with Crippen LogP contribution in [0.5, 0.6) is 0 Å². The van der Waals surface area contributed by atoms with Crippen LogP contribution in [0.25, 0.3) is 11.1 Å². The Morgan fingerprint density at radius 2 is 1.89 bits per heavy atom. The van der Waals surface area contributed by atoms with E-state index in [-0.39, 0.29) is 5.54 Å². The molecule has 2 aromatic heterocycles. The van der Waals surface area contributed by atoms with Crippen molar-refractivity contribution in [1.82, 2.24) is 14.7 Å². The number of hydrogen-bond donors (Lipinski definition) is 1. The fourth-order valence-corrected chi connectivity index (χ4v) is 3.42. The summed E-state index contributed by atoms with van der Waals surface area (Å²) in [4.78, 5) is 10.2. The van der Waals surface area contributed by atoms with Gasteiger partial charge in [-0.1, -0.05) is 13.8 Å². The third-order valence-corrected chi connectivity index (χ3v) is 5.23. The second-order valence-electron chi connectivity index (χ2n) is 8.54. The number of aromatic nitrogens is 2. The molecule has 0 fully saturated rings. The van der Waals surface area contributed by atoms with Gasteiger partial charge < -0.3 is 0 Å². The lowest BCUT2D eigenvalue weighted by molar-refractivity contribution is 0.535. The van der Waals surface area contributed by atoms with Crippen LogP contribution in [0.3, 0.4) is 0 Å². The van der Waals surface area contributed by atoms with E-state index in [4.69, 9.17) is 0 Å². The average molecular weight is 395 g/mol. The Labute approximate surface area is 173 Å². The fourth-order valence-electron chi connectivity index (χ4n) is 2.76. The van der Waals surface area contributed by atoms with Crippen molar-refractivity contribution in [3.05, 3.63) is 53.1 Å². The number of nitrogens with zero attached hydrogens (tertiary/aromatic N) is 3. The van der Waals surface area contributed by atoms with Crippen LogP contribution in [-0.4, -0.2) is 15.5 Å². The standard InChI is InChI=1S/C23H30N4S/c1-15(2)10-20(21(12-24)19-11-16(3)13-25-17(19)4)22-9-8-18(14-26-22)28-27-23(5,6)7/h8-9,11,13-15,27H,10H2,1-7H3/b21-20+. The maximum Gasteiger partial charge on any atom is 0.100 e. The molecule has 0 saturated carbocycles. The summed E-state index contributed by atoms with van der Waals surface area (Å²) in [6.45, 7) is 14.7. The maximum atomic E-state index is 9.99. The third-order valence-electron chi connectivity index (χ3n) is 4.04. The summed E-state index contributed by atoms with van der Waals surface area (Å²) >= 11 is 1.57. The van der Waals surface area contributed by atoms with Crippen molar-refractivity contribution in [1.29, 1.82) is 5.26 Å². The number of aryl methyl sites for hydroxylation is 2. The molecule has 1 N–H and O–H groups in total. The molecule has 4 nitrogen and oxygen atoms in total. The highest BCUT2D eigenvalue weighted by atomic mass is 32.2. The summed E-state index contributed by atoms with van der Waals surface area (Å²) in [6.07, 6.45) is 4.49. The largest absolute Gasteiger partial charge is 0.261 e. The Kier molecular flexibility index (Phi) is 7.40. The molecule has 2 aromatic rings. The van der Waals surface area contributed by atoms with Gasteiger partial charge in [-0.25, -0.2) is 0 Å². The summed E-state index contributed by atoms with van der Waals surface area (Å²) in [5.41, 5.74) is 5.33. The van der Waals surface area contributed by atoms with Gasteiger partial charge >= 0.3 is 0 Å². The molecular weight excluding hydrogens is 364 g/mol. The third kappa shape index (κ3) is 6.19. The first kappa shape index (κ1) is 22.1. The topological polar surface area (TPSA) is 61.6 Å². The molecule has 0 bridgehead atoms. The molecule has 0 saturated heterocycles. The summed E-state index contributed by atoms with van der Waals surface area (Å²) in [5.74, 6) is 0.412. The molecule has 0 aromatic carbocycles.